The van der Waals surface area contributed by atoms with Crippen molar-refractivity contribution in [2.75, 3.05) is 43.0 Å². The van der Waals surface area contributed by atoms with E-state index in [0.717, 1.165) is 45.9 Å². The molecule has 0 bridgehead atoms. The average molecular weight is 527 g/mol. The van der Waals surface area contributed by atoms with E-state index in [-0.39, 0.29) is 11.7 Å². The second-order valence-corrected chi connectivity index (χ2v) is 11.2. The van der Waals surface area contributed by atoms with Crippen LogP contribution in [0.3, 0.4) is 0 Å². The molecule has 9 heteroatoms. The van der Waals surface area contributed by atoms with Crippen molar-refractivity contribution in [2.45, 2.75) is 39.7 Å². The van der Waals surface area contributed by atoms with Crippen LogP contribution < -0.4 is 15.4 Å². The molecule has 1 aromatic carbocycles. The van der Waals surface area contributed by atoms with Gasteiger partial charge in [-0.25, -0.2) is 9.78 Å². The number of carbonyl (C=O) groups is 1. The van der Waals surface area contributed by atoms with Gasteiger partial charge in [-0.2, -0.15) is 5.26 Å². The van der Waals surface area contributed by atoms with E-state index in [2.05, 4.69) is 15.9 Å². The maximum atomic E-state index is 12.9. The Balaban J connectivity index is 1.63. The van der Waals surface area contributed by atoms with E-state index in [1.54, 1.807) is 16.5 Å². The molecule has 3 aromatic rings. The standard InChI is InChI=1S/C30H34N6O3/c1-19-15-22-25(34(6)28(19)37)17-23(21-9-11-35(12-10-21)29(38)39-30(2,3)4)32-27(22)36-14-13-33(5)24-8-7-20(18-31)16-26(24)36/h7-9,15-17H,10-14H2,1-6H3. The third-order valence-corrected chi connectivity index (χ3v) is 7.29. The number of rotatable bonds is 2. The Kier molecular flexibility index (Phi) is 6.59. The quantitative estimate of drug-likeness (QED) is 0.477. The van der Waals surface area contributed by atoms with Crippen LogP contribution in [0.25, 0.3) is 16.5 Å². The number of pyridine rings is 2. The number of nitriles is 1. The van der Waals surface area contributed by atoms with Crippen LogP contribution in [-0.4, -0.2) is 59.4 Å². The molecule has 5 rings (SSSR count). The van der Waals surface area contributed by atoms with E-state index in [4.69, 9.17) is 9.72 Å². The third kappa shape index (κ3) is 4.94. The molecule has 0 saturated heterocycles. The predicted octanol–water partition coefficient (Wildman–Crippen LogP) is 4.73. The Morgan fingerprint density at radius 2 is 1.85 bits per heavy atom. The number of fused-ring (bicyclic) bond motifs is 2. The average Bonchev–Trinajstić information content (AvgIpc) is 2.91. The van der Waals surface area contributed by atoms with E-state index in [1.807, 2.05) is 71.2 Å². The van der Waals surface area contributed by atoms with Gasteiger partial charge >= 0.3 is 6.09 Å². The highest BCUT2D eigenvalue weighted by Crippen LogP contribution is 2.40. The number of carbonyl (C=O) groups excluding carboxylic acids is 1. The van der Waals surface area contributed by atoms with Gasteiger partial charge in [0.05, 0.1) is 34.2 Å². The summed E-state index contributed by atoms with van der Waals surface area (Å²) in [4.78, 5) is 36.7. The van der Waals surface area contributed by atoms with Gasteiger partial charge in [-0.05, 0) is 70.0 Å². The summed E-state index contributed by atoms with van der Waals surface area (Å²) in [6.45, 7) is 9.80. The first kappa shape index (κ1) is 26.3. The molecular weight excluding hydrogens is 492 g/mol. The van der Waals surface area contributed by atoms with Gasteiger partial charge in [0.1, 0.15) is 11.4 Å². The molecule has 9 nitrogen and oxygen atoms in total. The molecule has 2 aliphatic rings. The number of hydrogen-bond acceptors (Lipinski definition) is 7. The molecule has 0 saturated carbocycles. The minimum absolute atomic E-state index is 0.0510. The SMILES string of the molecule is Cc1cc2c(N3CCN(C)c4ccc(C#N)cc43)nc(C3=CCN(C(=O)OC(C)(C)C)CC3)cc2n(C)c1=O. The fraction of sp³-hybridized carbons (Fsp3) is 0.400. The van der Waals surface area contributed by atoms with Crippen LogP contribution in [0, 0.1) is 18.3 Å². The molecular formula is C30H34N6O3. The fourth-order valence-corrected chi connectivity index (χ4v) is 5.20. The molecule has 0 N–H and O–H groups in total. The summed E-state index contributed by atoms with van der Waals surface area (Å²) in [7, 11) is 3.83. The third-order valence-electron chi connectivity index (χ3n) is 7.29. The van der Waals surface area contributed by atoms with Gasteiger partial charge in [0.25, 0.3) is 5.56 Å². The van der Waals surface area contributed by atoms with Crippen LogP contribution in [0.4, 0.5) is 22.0 Å². The molecule has 1 amide bonds. The summed E-state index contributed by atoms with van der Waals surface area (Å²) < 4.78 is 7.22. The predicted molar refractivity (Wildman–Crippen MR) is 154 cm³/mol. The maximum absolute atomic E-state index is 12.9. The molecule has 0 radical (unpaired) electrons. The largest absolute Gasteiger partial charge is 0.444 e. The molecule has 0 unspecified atom stereocenters. The van der Waals surface area contributed by atoms with Crippen LogP contribution in [0.5, 0.6) is 0 Å². The zero-order valence-electron chi connectivity index (χ0n) is 23.4. The fourth-order valence-electron chi connectivity index (χ4n) is 5.20. The number of nitrogens with zero attached hydrogens (tertiary/aromatic N) is 6. The smallest absolute Gasteiger partial charge is 0.410 e. The van der Waals surface area contributed by atoms with Crippen molar-refractivity contribution in [1.29, 1.82) is 5.26 Å². The van der Waals surface area contributed by atoms with Crippen molar-refractivity contribution in [3.63, 3.8) is 0 Å². The van der Waals surface area contributed by atoms with Gasteiger partial charge < -0.3 is 24.0 Å². The Morgan fingerprint density at radius 3 is 2.51 bits per heavy atom. The molecule has 4 heterocycles. The minimum atomic E-state index is -0.553. The van der Waals surface area contributed by atoms with Crippen molar-refractivity contribution < 1.29 is 9.53 Å². The van der Waals surface area contributed by atoms with Crippen molar-refractivity contribution in [3.8, 4) is 6.07 Å². The number of amides is 1. The van der Waals surface area contributed by atoms with Gasteiger partial charge in [0.15, 0.2) is 0 Å². The highest BCUT2D eigenvalue weighted by atomic mass is 16.6. The Labute approximate surface area is 228 Å². The van der Waals surface area contributed by atoms with E-state index >= 15 is 0 Å². The first-order valence-corrected chi connectivity index (χ1v) is 13.2. The molecule has 2 aromatic heterocycles. The van der Waals surface area contributed by atoms with Gasteiger partial charge in [-0.3, -0.25) is 4.79 Å². The summed E-state index contributed by atoms with van der Waals surface area (Å²) in [5, 5.41) is 10.5. The highest BCUT2D eigenvalue weighted by Gasteiger charge is 2.28. The second-order valence-electron chi connectivity index (χ2n) is 11.2. The second kappa shape index (κ2) is 9.77. The molecule has 0 fully saturated rings. The molecule has 2 aliphatic heterocycles. The minimum Gasteiger partial charge on any atom is -0.444 e. The lowest BCUT2D eigenvalue weighted by atomic mass is 10.0. The lowest BCUT2D eigenvalue weighted by molar-refractivity contribution is 0.0270. The summed E-state index contributed by atoms with van der Waals surface area (Å²) >= 11 is 0. The van der Waals surface area contributed by atoms with Gasteiger partial charge in [-0.1, -0.05) is 6.08 Å². The van der Waals surface area contributed by atoms with Gasteiger partial charge in [-0.15, -0.1) is 0 Å². The summed E-state index contributed by atoms with van der Waals surface area (Å²) in [5.41, 5.74) is 5.14. The van der Waals surface area contributed by atoms with Crippen molar-refractivity contribution in [1.82, 2.24) is 14.5 Å². The number of aryl methyl sites for hydroxylation is 2. The summed E-state index contributed by atoms with van der Waals surface area (Å²) in [6.07, 6.45) is 2.31. The number of aromatic nitrogens is 2. The number of likely N-dealkylation sites (N-methyl/N-ethyl adjacent to an activating group) is 1. The highest BCUT2D eigenvalue weighted by molar-refractivity contribution is 5.96. The molecule has 0 atom stereocenters. The van der Waals surface area contributed by atoms with E-state index in [0.29, 0.717) is 37.2 Å². The summed E-state index contributed by atoms with van der Waals surface area (Å²) in [5.74, 6) is 0.751. The van der Waals surface area contributed by atoms with Crippen molar-refractivity contribution >= 4 is 39.8 Å². The molecule has 0 spiro atoms. The Bertz CT molecular complexity index is 1610. The first-order chi connectivity index (χ1) is 18.5. The van der Waals surface area contributed by atoms with Crippen LogP contribution in [0.1, 0.15) is 44.0 Å². The number of benzene rings is 1. The molecule has 202 valence electrons. The lowest BCUT2D eigenvalue weighted by Gasteiger charge is -2.37. The van der Waals surface area contributed by atoms with Crippen LogP contribution in [-0.2, 0) is 11.8 Å². The van der Waals surface area contributed by atoms with Crippen LogP contribution in [0.15, 0.2) is 41.2 Å². The normalized spacial score (nSPS) is 15.6. The zero-order chi connectivity index (χ0) is 28.1. The Morgan fingerprint density at radius 1 is 1.08 bits per heavy atom. The first-order valence-electron chi connectivity index (χ1n) is 13.2. The number of ether oxygens (including phenoxy) is 1. The van der Waals surface area contributed by atoms with Crippen LogP contribution in [0.2, 0.25) is 0 Å². The number of hydrogen-bond donors (Lipinski definition) is 0. The van der Waals surface area contributed by atoms with E-state index in [1.165, 1.54) is 0 Å². The zero-order valence-corrected chi connectivity index (χ0v) is 23.4. The maximum Gasteiger partial charge on any atom is 0.410 e. The molecule has 39 heavy (non-hydrogen) atoms. The monoisotopic (exact) mass is 526 g/mol. The van der Waals surface area contributed by atoms with Gasteiger partial charge in [0, 0.05) is 51.2 Å². The Hall–Kier alpha value is -4.32. The molecule has 0 aliphatic carbocycles. The number of anilines is 3. The summed E-state index contributed by atoms with van der Waals surface area (Å²) in [6, 6.07) is 11.8. The lowest BCUT2D eigenvalue weighted by Crippen LogP contribution is -2.39. The van der Waals surface area contributed by atoms with Crippen LogP contribution >= 0.6 is 0 Å². The van der Waals surface area contributed by atoms with E-state index < -0.39 is 5.60 Å². The van der Waals surface area contributed by atoms with Gasteiger partial charge in [0.2, 0.25) is 0 Å². The van der Waals surface area contributed by atoms with Crippen molar-refractivity contribution in [2.24, 2.45) is 7.05 Å². The topological polar surface area (TPSA) is 94.7 Å². The van der Waals surface area contributed by atoms with Crippen molar-refractivity contribution in [3.05, 3.63) is 63.6 Å². The van der Waals surface area contributed by atoms with E-state index in [9.17, 15) is 14.9 Å².